The lowest BCUT2D eigenvalue weighted by Gasteiger charge is -2.22. The highest BCUT2D eigenvalue weighted by atomic mass is 32.2. The van der Waals surface area contributed by atoms with Crippen LogP contribution >= 0.6 is 11.8 Å². The highest BCUT2D eigenvalue weighted by Crippen LogP contribution is 2.47. The van der Waals surface area contributed by atoms with Gasteiger partial charge in [-0.3, -0.25) is 4.79 Å². The molecule has 1 aliphatic heterocycles. The molecule has 0 bridgehead atoms. The van der Waals surface area contributed by atoms with E-state index in [0.29, 0.717) is 12.1 Å². The van der Waals surface area contributed by atoms with Crippen LogP contribution in [0.25, 0.3) is 11.3 Å². The molecule has 1 aliphatic rings. The molecule has 228 valence electrons. The molecular weight excluding hydrogens is 605 g/mol. The lowest BCUT2D eigenvalue weighted by atomic mass is 10.0. The molecule has 8 nitrogen and oxygen atoms in total. The molecule has 45 heavy (non-hydrogen) atoms. The number of ether oxygens (including phenoxy) is 1. The van der Waals surface area contributed by atoms with Crippen molar-refractivity contribution in [1.82, 2.24) is 14.9 Å². The van der Waals surface area contributed by atoms with Crippen molar-refractivity contribution in [3.05, 3.63) is 120 Å². The van der Waals surface area contributed by atoms with Crippen molar-refractivity contribution in [3.8, 4) is 22.8 Å². The Bertz CT molecular complexity index is 1960. The van der Waals surface area contributed by atoms with Gasteiger partial charge >= 0.3 is 0 Å². The van der Waals surface area contributed by atoms with E-state index in [1.807, 2.05) is 85.8 Å². The van der Waals surface area contributed by atoms with Gasteiger partial charge in [-0.25, -0.2) is 8.42 Å². The number of anilines is 1. The van der Waals surface area contributed by atoms with Gasteiger partial charge in [0.15, 0.2) is 5.82 Å². The Morgan fingerprint density at radius 1 is 0.844 bits per heavy atom. The fourth-order valence-corrected chi connectivity index (χ4v) is 7.29. The molecule has 1 atom stereocenters. The first-order valence-electron chi connectivity index (χ1n) is 14.6. The summed E-state index contributed by atoms with van der Waals surface area (Å²) in [5.74, 6) is 1.02. The summed E-state index contributed by atoms with van der Waals surface area (Å²) in [7, 11) is -3.95. The lowest BCUT2D eigenvalue weighted by molar-refractivity contribution is -0.118. The van der Waals surface area contributed by atoms with Gasteiger partial charge < -0.3 is 10.1 Å². The van der Waals surface area contributed by atoms with Crippen LogP contribution in [0.3, 0.4) is 0 Å². The molecule has 2 N–H and O–H groups in total. The van der Waals surface area contributed by atoms with E-state index in [-0.39, 0.29) is 16.6 Å². The average Bonchev–Trinajstić information content (AvgIpc) is 3.03. The number of benzene rings is 4. The number of aromatic nitrogens is 2. The Balaban J connectivity index is 1.29. The Morgan fingerprint density at radius 2 is 1.56 bits per heavy atom. The van der Waals surface area contributed by atoms with Gasteiger partial charge in [-0.15, -0.1) is 10.2 Å². The van der Waals surface area contributed by atoms with Gasteiger partial charge in [0.05, 0.1) is 20.4 Å². The topological polar surface area (TPSA) is 110 Å². The van der Waals surface area contributed by atoms with Gasteiger partial charge in [-0.1, -0.05) is 85.8 Å². The molecule has 0 saturated heterocycles. The zero-order valence-electron chi connectivity index (χ0n) is 25.0. The summed E-state index contributed by atoms with van der Waals surface area (Å²) in [5.41, 5.74) is 4.21. The predicted octanol–water partition coefficient (Wildman–Crippen LogP) is 7.24. The van der Waals surface area contributed by atoms with E-state index in [4.69, 9.17) is 4.74 Å². The third kappa shape index (κ3) is 6.93. The Labute approximate surface area is 267 Å². The van der Waals surface area contributed by atoms with Gasteiger partial charge in [-0.2, -0.15) is 4.72 Å². The number of carbonyl (C=O) groups is 1. The predicted molar refractivity (Wildman–Crippen MR) is 176 cm³/mol. The molecule has 0 fully saturated rings. The largest absolute Gasteiger partial charge is 0.455 e. The fraction of sp³-hybridized carbons (Fsp3) is 0.171. The third-order valence-corrected chi connectivity index (χ3v) is 10.00. The van der Waals surface area contributed by atoms with E-state index < -0.39 is 22.0 Å². The number of amides is 1. The minimum Gasteiger partial charge on any atom is -0.455 e. The standard InChI is InChI=1S/C35H32N4O4S2/c1-22(2)33(39-45(41,42)27-16-13-23(3)14-17-27)35(40)36-34-26(19-24-9-5-4-6-10-24)20-28(37-38-34)25-15-18-30-32(21-25)44-31-12-8-7-11-29(31)43-30/h4-18,20-22,33,39H,19H2,1-3H3,(H,36,38,40). The molecule has 1 amide bonds. The van der Waals surface area contributed by atoms with Crippen molar-refractivity contribution in [1.29, 1.82) is 0 Å². The Kier molecular flexibility index (Phi) is 8.71. The lowest BCUT2D eigenvalue weighted by Crippen LogP contribution is -2.47. The smallest absolute Gasteiger partial charge is 0.244 e. The van der Waals surface area contributed by atoms with Crippen molar-refractivity contribution < 1.29 is 17.9 Å². The van der Waals surface area contributed by atoms with E-state index in [2.05, 4.69) is 20.2 Å². The fourth-order valence-electron chi connectivity index (χ4n) is 4.95. The van der Waals surface area contributed by atoms with E-state index in [1.54, 1.807) is 37.7 Å². The van der Waals surface area contributed by atoms with E-state index in [9.17, 15) is 13.2 Å². The molecule has 10 heteroatoms. The number of fused-ring (bicyclic) bond motifs is 2. The van der Waals surface area contributed by atoms with E-state index >= 15 is 0 Å². The maximum absolute atomic E-state index is 13.6. The number of carbonyl (C=O) groups excluding carboxylic acids is 1. The monoisotopic (exact) mass is 636 g/mol. The molecule has 5 aromatic rings. The van der Waals surface area contributed by atoms with Gasteiger partial charge in [0.1, 0.15) is 17.5 Å². The first-order valence-corrected chi connectivity index (χ1v) is 16.9. The summed E-state index contributed by atoms with van der Waals surface area (Å²) in [6, 6.07) is 31.0. The SMILES string of the molecule is Cc1ccc(S(=O)(=O)NC(C(=O)Nc2nnc(-c3ccc4c(c3)Sc3ccccc3O4)cc2Cc2ccccc2)C(C)C)cc1. The zero-order chi connectivity index (χ0) is 31.6. The summed E-state index contributed by atoms with van der Waals surface area (Å²) in [5, 5.41) is 11.8. The first-order chi connectivity index (χ1) is 21.7. The number of para-hydroxylation sites is 1. The second-order valence-corrected chi connectivity index (χ2v) is 14.0. The molecule has 0 aliphatic carbocycles. The van der Waals surface area contributed by atoms with E-state index in [0.717, 1.165) is 43.5 Å². The van der Waals surface area contributed by atoms with Crippen molar-refractivity contribution in [2.45, 2.75) is 47.9 Å². The maximum Gasteiger partial charge on any atom is 0.244 e. The minimum atomic E-state index is -3.95. The minimum absolute atomic E-state index is 0.0950. The van der Waals surface area contributed by atoms with Crippen molar-refractivity contribution >= 4 is 33.5 Å². The second kappa shape index (κ2) is 12.8. The highest BCUT2D eigenvalue weighted by molar-refractivity contribution is 7.99. The molecule has 0 saturated carbocycles. The van der Waals surface area contributed by atoms with Crippen LogP contribution in [0, 0.1) is 12.8 Å². The average molecular weight is 637 g/mol. The number of aryl methyl sites for hydroxylation is 1. The van der Waals surface area contributed by atoms with Crippen LogP contribution in [-0.4, -0.2) is 30.6 Å². The summed E-state index contributed by atoms with van der Waals surface area (Å²) in [4.78, 5) is 15.7. The second-order valence-electron chi connectivity index (χ2n) is 11.2. The first kappa shape index (κ1) is 30.5. The van der Waals surface area contributed by atoms with E-state index in [1.165, 1.54) is 12.1 Å². The number of hydrogen-bond acceptors (Lipinski definition) is 7. The van der Waals surface area contributed by atoms with Gasteiger partial charge in [0.2, 0.25) is 15.9 Å². The maximum atomic E-state index is 13.6. The van der Waals surface area contributed by atoms with Crippen LogP contribution < -0.4 is 14.8 Å². The summed E-state index contributed by atoms with van der Waals surface area (Å²) < 4.78 is 35.0. The van der Waals surface area contributed by atoms with Crippen LogP contribution in [0.5, 0.6) is 11.5 Å². The van der Waals surface area contributed by atoms with Gasteiger partial charge in [-0.05, 0) is 66.9 Å². The van der Waals surface area contributed by atoms with Crippen LogP contribution in [0.4, 0.5) is 5.82 Å². The van der Waals surface area contributed by atoms with Crippen molar-refractivity contribution in [2.24, 2.45) is 5.92 Å². The Hall–Kier alpha value is -4.51. The third-order valence-electron chi connectivity index (χ3n) is 7.44. The molecular formula is C35H32N4O4S2. The highest BCUT2D eigenvalue weighted by Gasteiger charge is 2.29. The number of nitrogens with one attached hydrogen (secondary N) is 2. The Morgan fingerprint density at radius 3 is 2.31 bits per heavy atom. The molecule has 6 rings (SSSR count). The normalized spacial score (nSPS) is 13.0. The van der Waals surface area contributed by atoms with Crippen molar-refractivity contribution in [2.75, 3.05) is 5.32 Å². The molecule has 0 spiro atoms. The molecule has 1 aromatic heterocycles. The summed E-state index contributed by atoms with van der Waals surface area (Å²) in [6.07, 6.45) is 0.483. The molecule has 1 unspecified atom stereocenters. The number of nitrogens with zero attached hydrogens (tertiary/aromatic N) is 2. The van der Waals surface area contributed by atoms with Crippen molar-refractivity contribution in [3.63, 3.8) is 0 Å². The number of sulfonamides is 1. The quantitative estimate of drug-likeness (QED) is 0.172. The zero-order valence-corrected chi connectivity index (χ0v) is 26.7. The molecule has 0 radical (unpaired) electrons. The van der Waals surface area contributed by atoms with Crippen LogP contribution in [0.15, 0.2) is 118 Å². The molecule has 2 heterocycles. The summed E-state index contributed by atoms with van der Waals surface area (Å²) >= 11 is 1.63. The van der Waals surface area contributed by atoms with Gasteiger partial charge in [0, 0.05) is 17.5 Å². The van der Waals surface area contributed by atoms with Crippen LogP contribution in [-0.2, 0) is 21.2 Å². The number of hydrogen-bond donors (Lipinski definition) is 2. The summed E-state index contributed by atoms with van der Waals surface area (Å²) in [6.45, 7) is 5.46. The van der Waals surface area contributed by atoms with Gasteiger partial charge in [0.25, 0.3) is 0 Å². The van der Waals surface area contributed by atoms with Crippen LogP contribution in [0.1, 0.15) is 30.5 Å². The van der Waals surface area contributed by atoms with Crippen LogP contribution in [0.2, 0.25) is 0 Å². The number of rotatable bonds is 9. The molecule has 4 aromatic carbocycles.